The van der Waals surface area contributed by atoms with Gasteiger partial charge in [0.2, 0.25) is 11.6 Å². The Labute approximate surface area is 133 Å². The third-order valence-electron chi connectivity index (χ3n) is 4.75. The van der Waals surface area contributed by atoms with Crippen LogP contribution in [0.15, 0.2) is 34.7 Å². The molecule has 0 bridgehead atoms. The fraction of sp³-hybridized carbons (Fsp3) is 0.200. The molecule has 0 aliphatic heterocycles. The quantitative estimate of drug-likeness (QED) is 0.614. The molecule has 1 aliphatic carbocycles. The zero-order valence-corrected chi connectivity index (χ0v) is 13.3. The normalized spacial score (nSPS) is 13.3. The van der Waals surface area contributed by atoms with Crippen molar-refractivity contribution in [3.8, 4) is 11.3 Å². The number of benzene rings is 2. The van der Waals surface area contributed by atoms with E-state index in [4.69, 9.17) is 4.42 Å². The van der Waals surface area contributed by atoms with Gasteiger partial charge in [0.15, 0.2) is 0 Å². The van der Waals surface area contributed by atoms with Crippen LogP contribution in [0.5, 0.6) is 0 Å². The maximum absolute atomic E-state index is 12.8. The van der Waals surface area contributed by atoms with Crippen LogP contribution in [0, 0.1) is 13.8 Å². The fourth-order valence-electron chi connectivity index (χ4n) is 3.54. The van der Waals surface area contributed by atoms with Crippen LogP contribution in [0.2, 0.25) is 0 Å². The molecule has 0 saturated carbocycles. The molecule has 0 fully saturated rings. The van der Waals surface area contributed by atoms with Crippen LogP contribution in [0.1, 0.15) is 44.5 Å². The molecule has 3 aromatic rings. The summed E-state index contributed by atoms with van der Waals surface area (Å²) in [5, 5.41) is 1.81. The van der Waals surface area contributed by atoms with E-state index in [-0.39, 0.29) is 0 Å². The standard InChI is InChI=1S/C20H16O3/c1-4-15-11(3)16-18(21)19(22)17-13-7-5-6-10(2)12(13)8-9-14(17)20(16)23-15/h5-9H,4H2,1-3H3. The van der Waals surface area contributed by atoms with E-state index >= 15 is 0 Å². The fourth-order valence-corrected chi connectivity index (χ4v) is 3.54. The van der Waals surface area contributed by atoms with Gasteiger partial charge >= 0.3 is 0 Å². The molecule has 1 heterocycles. The Morgan fingerprint density at radius 2 is 1.65 bits per heavy atom. The Morgan fingerprint density at radius 1 is 0.913 bits per heavy atom. The van der Waals surface area contributed by atoms with Gasteiger partial charge in [-0.3, -0.25) is 9.59 Å². The Balaban J connectivity index is 2.16. The van der Waals surface area contributed by atoms with Gasteiger partial charge in [0, 0.05) is 23.1 Å². The van der Waals surface area contributed by atoms with Gasteiger partial charge < -0.3 is 4.42 Å². The summed E-state index contributed by atoms with van der Waals surface area (Å²) in [5.41, 5.74) is 3.51. The second-order valence-electron chi connectivity index (χ2n) is 6.02. The van der Waals surface area contributed by atoms with Gasteiger partial charge in [0.05, 0.1) is 5.56 Å². The highest BCUT2D eigenvalue weighted by Gasteiger charge is 2.36. The van der Waals surface area contributed by atoms with E-state index in [1.54, 1.807) is 0 Å². The van der Waals surface area contributed by atoms with Crippen molar-refractivity contribution >= 4 is 22.3 Å². The molecule has 0 N–H and O–H groups in total. The van der Waals surface area contributed by atoms with Crippen LogP contribution in [0.25, 0.3) is 22.1 Å². The average Bonchev–Trinajstić information content (AvgIpc) is 2.89. The SMILES string of the molecule is CCc1oc2c(c1C)C(=O)C(=O)c1c-2ccc2c(C)cccc12. The minimum Gasteiger partial charge on any atom is -0.460 e. The summed E-state index contributed by atoms with van der Waals surface area (Å²) in [7, 11) is 0. The highest BCUT2D eigenvalue weighted by Crippen LogP contribution is 2.41. The van der Waals surface area contributed by atoms with Crippen LogP contribution in [0.3, 0.4) is 0 Å². The van der Waals surface area contributed by atoms with Crippen LogP contribution in [0.4, 0.5) is 0 Å². The zero-order chi connectivity index (χ0) is 16.3. The van der Waals surface area contributed by atoms with Gasteiger partial charge in [-0.1, -0.05) is 31.2 Å². The first kappa shape index (κ1) is 13.9. The lowest BCUT2D eigenvalue weighted by molar-refractivity contribution is 0.0815. The molecule has 0 radical (unpaired) electrons. The molecule has 0 saturated heterocycles. The molecule has 3 heteroatoms. The molecule has 0 spiro atoms. The van der Waals surface area contributed by atoms with Crippen molar-refractivity contribution in [2.45, 2.75) is 27.2 Å². The van der Waals surface area contributed by atoms with Gasteiger partial charge in [-0.2, -0.15) is 0 Å². The first-order valence-corrected chi connectivity index (χ1v) is 7.78. The van der Waals surface area contributed by atoms with E-state index in [0.29, 0.717) is 23.3 Å². The van der Waals surface area contributed by atoms with Gasteiger partial charge in [0.25, 0.3) is 0 Å². The van der Waals surface area contributed by atoms with Crippen LogP contribution < -0.4 is 0 Å². The summed E-state index contributed by atoms with van der Waals surface area (Å²) in [5.74, 6) is 0.424. The van der Waals surface area contributed by atoms with Crippen molar-refractivity contribution in [1.29, 1.82) is 0 Å². The molecule has 2 aromatic carbocycles. The third-order valence-corrected chi connectivity index (χ3v) is 4.75. The highest BCUT2D eigenvalue weighted by atomic mass is 16.3. The van der Waals surface area contributed by atoms with Crippen molar-refractivity contribution in [3.63, 3.8) is 0 Å². The summed E-state index contributed by atoms with van der Waals surface area (Å²) >= 11 is 0. The number of Topliss-reactive ketones (excluding diaryl/α,β-unsaturated/α-hetero) is 2. The maximum Gasteiger partial charge on any atom is 0.237 e. The predicted octanol–water partition coefficient (Wildman–Crippen LogP) is 4.66. The van der Waals surface area contributed by atoms with Gasteiger partial charge in [-0.05, 0) is 36.2 Å². The number of hydrogen-bond acceptors (Lipinski definition) is 3. The third kappa shape index (κ3) is 1.70. The second kappa shape index (κ2) is 4.66. The largest absolute Gasteiger partial charge is 0.460 e. The van der Waals surface area contributed by atoms with E-state index in [9.17, 15) is 9.59 Å². The lowest BCUT2D eigenvalue weighted by Crippen LogP contribution is -2.21. The summed E-state index contributed by atoms with van der Waals surface area (Å²) in [4.78, 5) is 25.4. The number of carbonyl (C=O) groups is 2. The first-order valence-electron chi connectivity index (χ1n) is 7.78. The second-order valence-corrected chi connectivity index (χ2v) is 6.02. The Morgan fingerprint density at radius 3 is 2.39 bits per heavy atom. The number of aryl methyl sites for hydroxylation is 2. The Kier molecular flexibility index (Phi) is 2.82. The van der Waals surface area contributed by atoms with Crippen LogP contribution in [-0.4, -0.2) is 11.6 Å². The number of fused-ring (bicyclic) bond motifs is 5. The highest BCUT2D eigenvalue weighted by molar-refractivity contribution is 6.54. The molecule has 0 unspecified atom stereocenters. The summed E-state index contributed by atoms with van der Waals surface area (Å²) in [6.45, 7) is 5.83. The molecule has 0 atom stereocenters. The number of furan rings is 1. The Bertz CT molecular complexity index is 1010. The maximum atomic E-state index is 12.8. The monoisotopic (exact) mass is 304 g/mol. The predicted molar refractivity (Wildman–Crippen MR) is 89.2 cm³/mol. The minimum atomic E-state index is -0.456. The van der Waals surface area contributed by atoms with Crippen molar-refractivity contribution < 1.29 is 14.0 Å². The Hall–Kier alpha value is -2.68. The number of carbonyl (C=O) groups excluding carboxylic acids is 2. The van der Waals surface area contributed by atoms with Crippen LogP contribution in [-0.2, 0) is 6.42 Å². The van der Waals surface area contributed by atoms with Crippen LogP contribution >= 0.6 is 0 Å². The molecule has 1 aromatic heterocycles. The van der Waals surface area contributed by atoms with Crippen molar-refractivity contribution in [2.75, 3.05) is 0 Å². The zero-order valence-electron chi connectivity index (χ0n) is 13.3. The summed E-state index contributed by atoms with van der Waals surface area (Å²) < 4.78 is 5.94. The molecule has 3 nitrogen and oxygen atoms in total. The van der Waals surface area contributed by atoms with Crippen molar-refractivity contribution in [1.82, 2.24) is 0 Å². The average molecular weight is 304 g/mol. The van der Waals surface area contributed by atoms with E-state index in [1.807, 2.05) is 51.1 Å². The first-order chi connectivity index (χ1) is 11.0. The van der Waals surface area contributed by atoms with E-state index in [2.05, 4.69) is 0 Å². The molecular weight excluding hydrogens is 288 g/mol. The van der Waals surface area contributed by atoms with Gasteiger partial charge in [0.1, 0.15) is 11.5 Å². The smallest absolute Gasteiger partial charge is 0.237 e. The minimum absolute atomic E-state index is 0.435. The van der Waals surface area contributed by atoms with E-state index in [0.717, 1.165) is 33.2 Å². The molecule has 23 heavy (non-hydrogen) atoms. The van der Waals surface area contributed by atoms with Crippen molar-refractivity contribution in [2.24, 2.45) is 0 Å². The van der Waals surface area contributed by atoms with Gasteiger partial charge in [-0.15, -0.1) is 0 Å². The lowest BCUT2D eigenvalue weighted by atomic mass is 9.83. The van der Waals surface area contributed by atoms with Crippen molar-refractivity contribution in [3.05, 3.63) is 58.3 Å². The lowest BCUT2D eigenvalue weighted by Gasteiger charge is -2.16. The molecule has 4 rings (SSSR count). The molecule has 0 amide bonds. The summed E-state index contributed by atoms with van der Waals surface area (Å²) in [6, 6.07) is 9.71. The van der Waals surface area contributed by atoms with E-state index in [1.165, 1.54) is 0 Å². The molecular formula is C20H16O3. The number of ketones is 2. The molecule has 114 valence electrons. The number of rotatable bonds is 1. The van der Waals surface area contributed by atoms with E-state index < -0.39 is 11.6 Å². The number of hydrogen-bond donors (Lipinski definition) is 0. The molecule has 1 aliphatic rings. The summed E-state index contributed by atoms with van der Waals surface area (Å²) in [6.07, 6.45) is 0.697. The van der Waals surface area contributed by atoms with Gasteiger partial charge in [-0.25, -0.2) is 0 Å². The topological polar surface area (TPSA) is 47.3 Å².